The van der Waals surface area contributed by atoms with Gasteiger partial charge in [-0.1, -0.05) is 6.92 Å². The number of pyridine rings is 1. The minimum Gasteiger partial charge on any atom is -0.479 e. The van der Waals surface area contributed by atoms with Gasteiger partial charge in [-0.25, -0.2) is 9.59 Å². The Morgan fingerprint density at radius 3 is 2.43 bits per heavy atom. The number of carbonyl (C=O) groups excluding carboxylic acids is 1. The number of hydrogen-bond donors (Lipinski definition) is 1. The molecule has 1 aromatic rings. The molecule has 1 aromatic heterocycles. The highest BCUT2D eigenvalue weighted by molar-refractivity contribution is 9.11. The van der Waals surface area contributed by atoms with Crippen molar-refractivity contribution in [1.29, 1.82) is 0 Å². The van der Waals surface area contributed by atoms with Crippen LogP contribution in [0, 0.1) is 0 Å². The molecular formula is C15H20Br2N2O4. The van der Waals surface area contributed by atoms with Gasteiger partial charge in [0.2, 0.25) is 0 Å². The number of carbonyl (C=O) groups is 2. The summed E-state index contributed by atoms with van der Waals surface area (Å²) in [6.07, 6.45) is 1.41. The molecule has 1 amide bonds. The second-order valence-corrected chi connectivity index (χ2v) is 7.71. The summed E-state index contributed by atoms with van der Waals surface area (Å²) >= 11 is 6.59. The Bertz CT molecular complexity index is 587. The van der Waals surface area contributed by atoms with Gasteiger partial charge in [0.05, 0.1) is 5.69 Å². The minimum absolute atomic E-state index is 0.246. The summed E-state index contributed by atoms with van der Waals surface area (Å²) in [5, 5.41) is 9.64. The van der Waals surface area contributed by atoms with E-state index in [4.69, 9.17) is 4.74 Å². The van der Waals surface area contributed by atoms with Gasteiger partial charge in [0, 0.05) is 21.7 Å². The Morgan fingerprint density at radius 1 is 1.39 bits per heavy atom. The van der Waals surface area contributed by atoms with Crippen molar-refractivity contribution in [1.82, 2.24) is 9.88 Å². The van der Waals surface area contributed by atoms with Crippen molar-refractivity contribution >= 4 is 43.9 Å². The molecule has 1 unspecified atom stereocenters. The first-order chi connectivity index (χ1) is 10.6. The summed E-state index contributed by atoms with van der Waals surface area (Å²) in [5.41, 5.74) is -0.462. The van der Waals surface area contributed by atoms with Crippen LogP contribution in [-0.4, -0.2) is 39.2 Å². The maximum atomic E-state index is 12.4. The molecule has 0 fully saturated rings. The Kier molecular flexibility index (Phi) is 7.01. The van der Waals surface area contributed by atoms with Crippen LogP contribution in [0.1, 0.15) is 45.9 Å². The fourth-order valence-electron chi connectivity index (χ4n) is 1.91. The highest BCUT2D eigenvalue weighted by Gasteiger charge is 2.35. The van der Waals surface area contributed by atoms with E-state index in [2.05, 4.69) is 36.8 Å². The monoisotopic (exact) mass is 450 g/mol. The summed E-state index contributed by atoms with van der Waals surface area (Å²) in [6.45, 7) is 7.31. The second-order valence-electron chi connectivity index (χ2n) is 5.94. The first-order valence-electron chi connectivity index (χ1n) is 7.10. The summed E-state index contributed by atoms with van der Waals surface area (Å²) in [4.78, 5) is 29.6. The third-order valence-electron chi connectivity index (χ3n) is 2.73. The number of aromatic nitrogens is 1. The van der Waals surface area contributed by atoms with Crippen LogP contribution in [-0.2, 0) is 9.53 Å². The lowest BCUT2D eigenvalue weighted by Gasteiger charge is -2.31. The lowest BCUT2D eigenvalue weighted by atomic mass is 10.1. The molecule has 0 aliphatic rings. The molecular weight excluding hydrogens is 432 g/mol. The molecule has 1 N–H and O–H groups in total. The van der Waals surface area contributed by atoms with Gasteiger partial charge in [-0.05, 0) is 65.1 Å². The fourth-order valence-corrected chi connectivity index (χ4v) is 3.12. The van der Waals surface area contributed by atoms with Gasteiger partial charge in [-0.2, -0.15) is 0 Å². The molecule has 1 atom stereocenters. The molecule has 8 heteroatoms. The van der Waals surface area contributed by atoms with E-state index in [1.807, 2.05) is 6.92 Å². The molecule has 0 saturated heterocycles. The molecule has 1 rings (SSSR count). The third kappa shape index (κ3) is 5.76. The number of nitrogens with zero attached hydrogens (tertiary/aromatic N) is 2. The average Bonchev–Trinajstić information content (AvgIpc) is 2.38. The number of rotatable bonds is 5. The van der Waals surface area contributed by atoms with E-state index >= 15 is 0 Å². The van der Waals surface area contributed by atoms with E-state index in [0.717, 1.165) is 0 Å². The van der Waals surface area contributed by atoms with E-state index in [9.17, 15) is 14.7 Å². The molecule has 0 aromatic carbocycles. The first kappa shape index (κ1) is 19.9. The number of amides is 1. The highest BCUT2D eigenvalue weighted by Crippen LogP contribution is 2.30. The van der Waals surface area contributed by atoms with E-state index in [-0.39, 0.29) is 12.2 Å². The Balaban J connectivity index is 3.26. The predicted molar refractivity (Wildman–Crippen MR) is 93.2 cm³/mol. The topological polar surface area (TPSA) is 79.7 Å². The molecule has 23 heavy (non-hydrogen) atoms. The standard InChI is InChI=1S/C15H20Br2N2O4/c1-5-6-19(14(22)23-15(2,3)4)12(13(20)21)11-10(17)7-9(16)8-18-11/h7-8,12H,5-6H2,1-4H3,(H,20,21). The van der Waals surface area contributed by atoms with Crippen molar-refractivity contribution in [3.05, 3.63) is 26.9 Å². The van der Waals surface area contributed by atoms with Gasteiger partial charge in [0.25, 0.3) is 0 Å². The Labute approximate surface area is 152 Å². The van der Waals surface area contributed by atoms with Crippen molar-refractivity contribution in [2.75, 3.05) is 6.54 Å². The summed E-state index contributed by atoms with van der Waals surface area (Å²) in [6, 6.07) is 0.463. The van der Waals surface area contributed by atoms with Crippen LogP contribution < -0.4 is 0 Å². The number of carboxylic acids is 1. The van der Waals surface area contributed by atoms with E-state index < -0.39 is 23.7 Å². The van der Waals surface area contributed by atoms with Crippen LogP contribution in [0.15, 0.2) is 21.2 Å². The number of aliphatic carboxylic acids is 1. The normalized spacial score (nSPS) is 12.6. The van der Waals surface area contributed by atoms with Crippen molar-refractivity contribution in [3.63, 3.8) is 0 Å². The van der Waals surface area contributed by atoms with Gasteiger partial charge in [-0.3, -0.25) is 9.88 Å². The van der Waals surface area contributed by atoms with Gasteiger partial charge in [0.15, 0.2) is 6.04 Å². The summed E-state index contributed by atoms with van der Waals surface area (Å²) in [7, 11) is 0. The zero-order valence-corrected chi connectivity index (χ0v) is 16.6. The van der Waals surface area contributed by atoms with Crippen LogP contribution in [0.4, 0.5) is 4.79 Å². The van der Waals surface area contributed by atoms with E-state index in [1.165, 1.54) is 11.1 Å². The zero-order chi connectivity index (χ0) is 17.8. The molecule has 0 radical (unpaired) electrons. The quantitative estimate of drug-likeness (QED) is 0.718. The summed E-state index contributed by atoms with van der Waals surface area (Å²) in [5.74, 6) is -1.17. The molecule has 0 aliphatic carbocycles. The average molecular weight is 452 g/mol. The second kappa shape index (κ2) is 8.10. The maximum Gasteiger partial charge on any atom is 0.411 e. The van der Waals surface area contributed by atoms with Crippen molar-refractivity contribution < 1.29 is 19.4 Å². The fraction of sp³-hybridized carbons (Fsp3) is 0.533. The lowest BCUT2D eigenvalue weighted by Crippen LogP contribution is -2.43. The van der Waals surface area contributed by atoms with Crippen molar-refractivity contribution in [2.45, 2.75) is 45.8 Å². The Morgan fingerprint density at radius 2 is 2.00 bits per heavy atom. The lowest BCUT2D eigenvalue weighted by molar-refractivity contribution is -0.143. The summed E-state index contributed by atoms with van der Waals surface area (Å²) < 4.78 is 6.55. The molecule has 0 bridgehead atoms. The number of halogens is 2. The van der Waals surface area contributed by atoms with E-state index in [0.29, 0.717) is 15.4 Å². The molecule has 1 heterocycles. The Hall–Kier alpha value is -1.15. The van der Waals surface area contributed by atoms with Crippen LogP contribution in [0.5, 0.6) is 0 Å². The molecule has 0 saturated carbocycles. The van der Waals surface area contributed by atoms with Crippen LogP contribution in [0.3, 0.4) is 0 Å². The zero-order valence-electron chi connectivity index (χ0n) is 13.5. The van der Waals surface area contributed by atoms with Gasteiger partial charge >= 0.3 is 12.1 Å². The molecule has 128 valence electrons. The van der Waals surface area contributed by atoms with E-state index in [1.54, 1.807) is 26.8 Å². The van der Waals surface area contributed by atoms with Gasteiger partial charge < -0.3 is 9.84 Å². The number of hydrogen-bond acceptors (Lipinski definition) is 4. The number of ether oxygens (including phenoxy) is 1. The molecule has 0 aliphatic heterocycles. The number of carboxylic acid groups (broad SMARTS) is 1. The predicted octanol–water partition coefficient (Wildman–Crippen LogP) is 4.38. The van der Waals surface area contributed by atoms with Crippen molar-refractivity contribution in [3.8, 4) is 0 Å². The third-order valence-corrected chi connectivity index (χ3v) is 3.80. The minimum atomic E-state index is -1.23. The highest BCUT2D eigenvalue weighted by atomic mass is 79.9. The van der Waals surface area contributed by atoms with Gasteiger partial charge in [0.1, 0.15) is 5.60 Å². The largest absolute Gasteiger partial charge is 0.479 e. The van der Waals surface area contributed by atoms with Crippen LogP contribution >= 0.6 is 31.9 Å². The van der Waals surface area contributed by atoms with Crippen molar-refractivity contribution in [2.24, 2.45) is 0 Å². The molecule has 0 spiro atoms. The van der Waals surface area contributed by atoms with Crippen LogP contribution in [0.2, 0.25) is 0 Å². The smallest absolute Gasteiger partial charge is 0.411 e. The van der Waals surface area contributed by atoms with Crippen LogP contribution in [0.25, 0.3) is 0 Å². The SMILES string of the molecule is CCCN(C(=O)OC(C)(C)C)C(C(=O)O)c1ncc(Br)cc1Br. The maximum absolute atomic E-state index is 12.4. The first-order valence-corrected chi connectivity index (χ1v) is 8.68. The molecule has 6 nitrogen and oxygen atoms in total. The van der Waals surface area contributed by atoms with Gasteiger partial charge in [-0.15, -0.1) is 0 Å².